The van der Waals surface area contributed by atoms with Gasteiger partial charge in [0.2, 0.25) is 0 Å². The summed E-state index contributed by atoms with van der Waals surface area (Å²) in [6, 6.07) is 8.65. The van der Waals surface area contributed by atoms with Crippen molar-refractivity contribution in [1.29, 1.82) is 0 Å². The summed E-state index contributed by atoms with van der Waals surface area (Å²) in [5, 5.41) is 8.90. The first-order valence-corrected chi connectivity index (χ1v) is 7.24. The standard InChI is InChI=1S/C15H13NO4S/c17-14(18)10-1-3-11(4-2-10)21-13-5-6-16-9-12(13)15-19-7-8-20-15/h1-6,9,15H,7-8H2,(H,17,18). The molecule has 21 heavy (non-hydrogen) atoms. The molecule has 0 atom stereocenters. The lowest BCUT2D eigenvalue weighted by Gasteiger charge is -2.13. The van der Waals surface area contributed by atoms with Gasteiger partial charge >= 0.3 is 5.97 Å². The topological polar surface area (TPSA) is 68.7 Å². The number of carbonyl (C=O) groups is 1. The molecule has 1 aliphatic heterocycles. The molecule has 0 bridgehead atoms. The number of carboxylic acid groups (broad SMARTS) is 1. The molecule has 1 saturated heterocycles. The largest absolute Gasteiger partial charge is 0.478 e. The van der Waals surface area contributed by atoms with Crippen LogP contribution in [0.4, 0.5) is 0 Å². The van der Waals surface area contributed by atoms with Crippen LogP contribution < -0.4 is 0 Å². The number of rotatable bonds is 4. The van der Waals surface area contributed by atoms with Crippen molar-refractivity contribution in [1.82, 2.24) is 4.98 Å². The molecule has 1 fully saturated rings. The number of aromatic nitrogens is 1. The maximum atomic E-state index is 10.9. The molecule has 0 aliphatic carbocycles. The van der Waals surface area contributed by atoms with Gasteiger partial charge in [0.25, 0.3) is 0 Å². The summed E-state index contributed by atoms with van der Waals surface area (Å²) in [5.41, 5.74) is 1.17. The number of pyridine rings is 1. The molecule has 0 radical (unpaired) electrons. The lowest BCUT2D eigenvalue weighted by atomic mass is 10.2. The number of carboxylic acids is 1. The van der Waals surface area contributed by atoms with Crippen molar-refractivity contribution < 1.29 is 19.4 Å². The summed E-state index contributed by atoms with van der Waals surface area (Å²) in [4.78, 5) is 16.9. The van der Waals surface area contributed by atoms with Crippen LogP contribution in [0.2, 0.25) is 0 Å². The zero-order chi connectivity index (χ0) is 14.7. The normalized spacial score (nSPS) is 15.2. The number of ether oxygens (including phenoxy) is 2. The third kappa shape index (κ3) is 3.24. The van der Waals surface area contributed by atoms with E-state index in [4.69, 9.17) is 14.6 Å². The maximum Gasteiger partial charge on any atom is 0.335 e. The van der Waals surface area contributed by atoms with Crippen LogP contribution in [0, 0.1) is 0 Å². The van der Waals surface area contributed by atoms with Crippen molar-refractivity contribution in [3.8, 4) is 0 Å². The first kappa shape index (κ1) is 14.1. The average molecular weight is 303 g/mol. The van der Waals surface area contributed by atoms with Crippen LogP contribution in [0.3, 0.4) is 0 Å². The van der Waals surface area contributed by atoms with Gasteiger partial charge in [-0.15, -0.1) is 0 Å². The van der Waals surface area contributed by atoms with Crippen LogP contribution in [0.1, 0.15) is 22.2 Å². The second-order valence-corrected chi connectivity index (χ2v) is 5.53. The highest BCUT2D eigenvalue weighted by Gasteiger charge is 2.21. The lowest BCUT2D eigenvalue weighted by Crippen LogP contribution is -2.00. The summed E-state index contributed by atoms with van der Waals surface area (Å²) in [5.74, 6) is -0.927. The van der Waals surface area contributed by atoms with Gasteiger partial charge in [-0.3, -0.25) is 4.98 Å². The Labute approximate surface area is 125 Å². The molecule has 2 heterocycles. The molecule has 1 aliphatic rings. The molecule has 108 valence electrons. The monoisotopic (exact) mass is 303 g/mol. The van der Waals surface area contributed by atoms with Crippen molar-refractivity contribution >= 4 is 17.7 Å². The maximum absolute atomic E-state index is 10.9. The van der Waals surface area contributed by atoms with Crippen LogP contribution in [0.15, 0.2) is 52.5 Å². The fourth-order valence-electron chi connectivity index (χ4n) is 1.99. The number of aromatic carboxylic acids is 1. The molecular formula is C15H13NO4S. The highest BCUT2D eigenvalue weighted by atomic mass is 32.2. The molecule has 2 aromatic rings. The number of hydrogen-bond acceptors (Lipinski definition) is 5. The fourth-order valence-corrected chi connectivity index (χ4v) is 2.92. The smallest absolute Gasteiger partial charge is 0.335 e. The highest BCUT2D eigenvalue weighted by molar-refractivity contribution is 7.99. The number of benzene rings is 1. The minimum Gasteiger partial charge on any atom is -0.478 e. The molecule has 1 N–H and O–H groups in total. The van der Waals surface area contributed by atoms with Crippen LogP contribution in [0.5, 0.6) is 0 Å². The Kier molecular flexibility index (Phi) is 4.19. The second-order valence-electron chi connectivity index (χ2n) is 4.42. The molecule has 1 aromatic heterocycles. The van der Waals surface area contributed by atoms with E-state index in [1.54, 1.807) is 36.7 Å². The van der Waals surface area contributed by atoms with E-state index in [9.17, 15) is 4.79 Å². The first-order chi connectivity index (χ1) is 10.2. The van der Waals surface area contributed by atoms with E-state index in [0.29, 0.717) is 13.2 Å². The van der Waals surface area contributed by atoms with E-state index in [2.05, 4.69) is 4.98 Å². The summed E-state index contributed by atoms with van der Waals surface area (Å²) in [6.45, 7) is 1.16. The first-order valence-electron chi connectivity index (χ1n) is 6.42. The minimum absolute atomic E-state index is 0.275. The molecule has 0 amide bonds. The quantitative estimate of drug-likeness (QED) is 0.936. The number of hydrogen-bond donors (Lipinski definition) is 1. The molecule has 1 aromatic carbocycles. The molecule has 0 unspecified atom stereocenters. The van der Waals surface area contributed by atoms with Crippen molar-refractivity contribution in [2.24, 2.45) is 0 Å². The Balaban J connectivity index is 1.82. The third-order valence-corrected chi connectivity index (χ3v) is 4.11. The second kappa shape index (κ2) is 6.26. The summed E-state index contributed by atoms with van der Waals surface area (Å²) in [6.07, 6.45) is 3.08. The molecule has 0 spiro atoms. The predicted molar refractivity (Wildman–Crippen MR) is 76.4 cm³/mol. The van der Waals surface area contributed by atoms with Crippen LogP contribution in [0.25, 0.3) is 0 Å². The molecular weight excluding hydrogens is 290 g/mol. The average Bonchev–Trinajstić information content (AvgIpc) is 3.02. The van der Waals surface area contributed by atoms with Gasteiger partial charge in [0.15, 0.2) is 6.29 Å². The van der Waals surface area contributed by atoms with E-state index in [-0.39, 0.29) is 11.9 Å². The van der Waals surface area contributed by atoms with E-state index in [1.165, 1.54) is 11.8 Å². The fraction of sp³-hybridized carbons (Fsp3) is 0.200. The zero-order valence-electron chi connectivity index (χ0n) is 11.1. The van der Waals surface area contributed by atoms with E-state index < -0.39 is 5.97 Å². The van der Waals surface area contributed by atoms with Crippen molar-refractivity contribution in [2.75, 3.05) is 13.2 Å². The van der Waals surface area contributed by atoms with E-state index >= 15 is 0 Å². The summed E-state index contributed by atoms with van der Waals surface area (Å²) >= 11 is 1.53. The van der Waals surface area contributed by atoms with Gasteiger partial charge in [0.1, 0.15) is 0 Å². The van der Waals surface area contributed by atoms with Gasteiger partial charge < -0.3 is 14.6 Å². The minimum atomic E-state index is -0.927. The Bertz CT molecular complexity index is 638. The van der Waals surface area contributed by atoms with Gasteiger partial charge in [-0.2, -0.15) is 0 Å². The Morgan fingerprint density at radius 1 is 1.19 bits per heavy atom. The highest BCUT2D eigenvalue weighted by Crippen LogP contribution is 2.35. The van der Waals surface area contributed by atoms with Crippen LogP contribution in [-0.2, 0) is 9.47 Å². The Morgan fingerprint density at radius 2 is 1.90 bits per heavy atom. The Morgan fingerprint density at radius 3 is 2.57 bits per heavy atom. The Hall–Kier alpha value is -1.89. The van der Waals surface area contributed by atoms with Crippen LogP contribution in [-0.4, -0.2) is 29.3 Å². The van der Waals surface area contributed by atoms with Crippen LogP contribution >= 0.6 is 11.8 Å². The molecule has 3 rings (SSSR count). The van der Waals surface area contributed by atoms with Gasteiger partial charge in [-0.25, -0.2) is 4.79 Å². The summed E-state index contributed by atoms with van der Waals surface area (Å²) in [7, 11) is 0. The summed E-state index contributed by atoms with van der Waals surface area (Å²) < 4.78 is 11.0. The van der Waals surface area contributed by atoms with Gasteiger partial charge in [0, 0.05) is 27.7 Å². The molecule has 5 nitrogen and oxygen atoms in total. The van der Waals surface area contributed by atoms with Crippen molar-refractivity contribution in [3.05, 3.63) is 53.9 Å². The van der Waals surface area contributed by atoms with Gasteiger partial charge in [-0.1, -0.05) is 11.8 Å². The SMILES string of the molecule is O=C(O)c1ccc(Sc2ccncc2C2OCCO2)cc1. The zero-order valence-corrected chi connectivity index (χ0v) is 11.9. The molecule has 6 heteroatoms. The van der Waals surface area contributed by atoms with E-state index in [1.807, 2.05) is 6.07 Å². The number of nitrogens with zero attached hydrogens (tertiary/aromatic N) is 1. The van der Waals surface area contributed by atoms with Crippen molar-refractivity contribution in [2.45, 2.75) is 16.1 Å². The van der Waals surface area contributed by atoms with E-state index in [0.717, 1.165) is 15.4 Å². The lowest BCUT2D eigenvalue weighted by molar-refractivity contribution is -0.0462. The van der Waals surface area contributed by atoms with Gasteiger partial charge in [-0.05, 0) is 30.3 Å². The molecule has 0 saturated carbocycles. The third-order valence-electron chi connectivity index (χ3n) is 3.01. The van der Waals surface area contributed by atoms with Gasteiger partial charge in [0.05, 0.1) is 18.8 Å². The predicted octanol–water partition coefficient (Wildman–Crippen LogP) is 2.98. The van der Waals surface area contributed by atoms with Crippen molar-refractivity contribution in [3.63, 3.8) is 0 Å².